The van der Waals surface area contributed by atoms with E-state index in [-0.39, 0.29) is 0 Å². The molecule has 0 unspecified atom stereocenters. The molecule has 14 heavy (non-hydrogen) atoms. The van der Waals surface area contributed by atoms with Crippen molar-refractivity contribution < 1.29 is 20.6 Å². The molecule has 0 N–H and O–H groups in total. The van der Waals surface area contributed by atoms with Crippen LogP contribution >= 0.6 is 0 Å². The van der Waals surface area contributed by atoms with E-state index in [2.05, 4.69) is 60.6 Å². The van der Waals surface area contributed by atoms with Gasteiger partial charge in [-0.3, -0.25) is 0 Å². The third-order valence-electron chi connectivity index (χ3n) is 1.79. The van der Waals surface area contributed by atoms with Gasteiger partial charge in [0, 0.05) is 0 Å². The first-order chi connectivity index (χ1) is 6.29. The summed E-state index contributed by atoms with van der Waals surface area (Å²) in [4.78, 5) is 2.18. The van der Waals surface area contributed by atoms with E-state index in [9.17, 15) is 0 Å². The van der Waals surface area contributed by atoms with E-state index in [1.54, 1.807) is 0 Å². The summed E-state index contributed by atoms with van der Waals surface area (Å²) in [5.41, 5.74) is 0. The first-order valence-electron chi connectivity index (χ1n) is 4.85. The Kier molecular flexibility index (Phi) is 5.92. The number of rotatable bonds is 5. The van der Waals surface area contributed by atoms with Gasteiger partial charge in [0.25, 0.3) is 0 Å². The van der Waals surface area contributed by atoms with Gasteiger partial charge in [0.2, 0.25) is 0 Å². The molecule has 0 rings (SSSR count). The number of nitrogens with zero attached hydrogens (tertiary/aromatic N) is 1. The Morgan fingerprint density at radius 2 is 1.86 bits per heavy atom. The van der Waals surface area contributed by atoms with Gasteiger partial charge >= 0.3 is 96.8 Å². The number of hydrogen-bond donors (Lipinski definition) is 0. The van der Waals surface area contributed by atoms with Crippen molar-refractivity contribution in [1.82, 2.24) is 4.90 Å². The molecule has 0 heterocycles. The summed E-state index contributed by atoms with van der Waals surface area (Å²) >= 11 is 2.95. The summed E-state index contributed by atoms with van der Waals surface area (Å²) < 4.78 is 6.29. The second-order valence-electron chi connectivity index (χ2n) is 4.43. The third-order valence-corrected chi connectivity index (χ3v) is 4.29. The van der Waals surface area contributed by atoms with Crippen LogP contribution in [0.5, 0.6) is 0 Å². The second-order valence-corrected chi connectivity index (χ2v) is 10.1. The van der Waals surface area contributed by atoms with Crippen molar-refractivity contribution in [3.63, 3.8) is 0 Å². The fourth-order valence-corrected chi connectivity index (χ4v) is 3.75. The normalized spacial score (nSPS) is 12.9. The molecule has 82 valence electrons. The maximum atomic E-state index is 5.40. The Morgan fingerprint density at radius 3 is 2.14 bits per heavy atom. The van der Waals surface area contributed by atoms with Crippen molar-refractivity contribution in [1.29, 1.82) is 0 Å². The molecule has 0 atom stereocenters. The van der Waals surface area contributed by atoms with Gasteiger partial charge in [-0.15, -0.1) is 0 Å². The van der Waals surface area contributed by atoms with Crippen LogP contribution in [-0.4, -0.2) is 38.2 Å². The first kappa shape index (κ1) is 14.1. The molecule has 0 aliphatic rings. The van der Waals surface area contributed by atoms with Crippen molar-refractivity contribution in [3.8, 4) is 0 Å². The first-order valence-corrected chi connectivity index (χ1v) is 8.99. The summed E-state index contributed by atoms with van der Waals surface area (Å²) in [6.45, 7) is 9.70. The van der Waals surface area contributed by atoms with Crippen LogP contribution in [0.25, 0.3) is 0 Å². The second kappa shape index (κ2) is 5.87. The van der Waals surface area contributed by atoms with Crippen LogP contribution < -0.4 is 0 Å². The molecule has 0 aromatic rings. The van der Waals surface area contributed by atoms with Crippen molar-refractivity contribution in [2.45, 2.75) is 26.6 Å². The van der Waals surface area contributed by atoms with Gasteiger partial charge in [0.15, 0.2) is 0 Å². The average molecular weight is 251 g/mol. The van der Waals surface area contributed by atoms with Crippen LogP contribution in [-0.2, 0) is 20.6 Å². The summed E-state index contributed by atoms with van der Waals surface area (Å²) in [6.07, 6.45) is 2.12. The van der Waals surface area contributed by atoms with Gasteiger partial charge in [-0.2, -0.15) is 0 Å². The van der Waals surface area contributed by atoms with Crippen LogP contribution in [0.1, 0.15) is 6.92 Å². The molecule has 4 heteroatoms. The molecule has 0 bridgehead atoms. The zero-order valence-corrected chi connectivity index (χ0v) is 12.3. The van der Waals surface area contributed by atoms with Crippen molar-refractivity contribution >= 4 is 12.6 Å². The molecule has 0 aliphatic carbocycles. The van der Waals surface area contributed by atoms with Gasteiger partial charge in [0.1, 0.15) is 0 Å². The number of hydrogen-bond acceptors (Lipinski definition) is 2. The standard InChI is InChI=1S/C10H21NOSi.Cr/c1-7-12-9-8-10(11(2)3)13(4,5)6;/h8H,7H2,1-6H3;/b10-8+;. The Bertz CT molecular complexity index is 231. The zero-order valence-electron chi connectivity index (χ0n) is 10.0. The molecular weight excluding hydrogens is 230 g/mol. The van der Waals surface area contributed by atoms with E-state index in [0.717, 1.165) is 4.57 Å². The molecule has 0 saturated heterocycles. The molecule has 0 amide bonds. The molecule has 0 spiro atoms. The van der Waals surface area contributed by atoms with Gasteiger partial charge in [-0.25, -0.2) is 0 Å². The molecule has 0 aromatic carbocycles. The Labute approximate surface area is 96.9 Å². The van der Waals surface area contributed by atoms with Gasteiger partial charge in [-0.05, 0) is 0 Å². The molecule has 0 saturated carbocycles. The molecule has 0 aliphatic heterocycles. The van der Waals surface area contributed by atoms with E-state index < -0.39 is 8.07 Å². The van der Waals surface area contributed by atoms with Crippen LogP contribution in [0.4, 0.5) is 0 Å². The SMILES string of the molecule is CCO[C](=[Cr])/C=C(\N(C)C)[Si](C)(C)C. The minimum absolute atomic E-state index is 0.714. The maximum absolute atomic E-state index is 5.40. The molecule has 2 nitrogen and oxygen atoms in total. The Balaban J connectivity index is 4.75. The average Bonchev–Trinajstić information content (AvgIpc) is 1.98. The van der Waals surface area contributed by atoms with Gasteiger partial charge in [0.05, 0.1) is 0 Å². The predicted octanol–water partition coefficient (Wildman–Crippen LogP) is 2.02. The zero-order chi connectivity index (χ0) is 11.4. The summed E-state index contributed by atoms with van der Waals surface area (Å²) in [7, 11) is 2.90. The van der Waals surface area contributed by atoms with Crippen molar-refractivity contribution in [3.05, 3.63) is 11.4 Å². The molecule has 0 aromatic heterocycles. The third kappa shape index (κ3) is 5.11. The quantitative estimate of drug-likeness (QED) is 0.693. The summed E-state index contributed by atoms with van der Waals surface area (Å²) in [5.74, 6) is 0. The van der Waals surface area contributed by atoms with E-state index in [1.165, 1.54) is 5.32 Å². The minimum atomic E-state index is -1.28. The monoisotopic (exact) mass is 251 g/mol. The number of ether oxygens (including phenoxy) is 1. The van der Waals surface area contributed by atoms with E-state index in [1.807, 2.05) is 6.92 Å². The Hall–Kier alpha value is 0.119. The fraction of sp³-hybridized carbons (Fsp3) is 0.700. The van der Waals surface area contributed by atoms with E-state index in [4.69, 9.17) is 4.74 Å². The van der Waals surface area contributed by atoms with E-state index >= 15 is 0 Å². The Morgan fingerprint density at radius 1 is 1.36 bits per heavy atom. The van der Waals surface area contributed by atoms with Crippen molar-refractivity contribution in [2.24, 2.45) is 0 Å². The summed E-state index contributed by atoms with van der Waals surface area (Å²) in [5, 5.41) is 1.39. The van der Waals surface area contributed by atoms with Gasteiger partial charge < -0.3 is 0 Å². The molecule has 0 radical (unpaired) electrons. The van der Waals surface area contributed by atoms with E-state index in [0.29, 0.717) is 6.61 Å². The van der Waals surface area contributed by atoms with Crippen LogP contribution in [0.3, 0.4) is 0 Å². The molecule has 0 fully saturated rings. The van der Waals surface area contributed by atoms with Crippen LogP contribution in [0.15, 0.2) is 11.4 Å². The van der Waals surface area contributed by atoms with Crippen LogP contribution in [0.2, 0.25) is 19.6 Å². The topological polar surface area (TPSA) is 12.5 Å². The van der Waals surface area contributed by atoms with Gasteiger partial charge in [-0.1, -0.05) is 0 Å². The van der Waals surface area contributed by atoms with Crippen molar-refractivity contribution in [2.75, 3.05) is 20.7 Å². The van der Waals surface area contributed by atoms with Crippen LogP contribution in [0, 0.1) is 0 Å². The molecular formula is C10H21CrNOSi. The fourth-order valence-electron chi connectivity index (χ4n) is 1.31. The predicted molar refractivity (Wildman–Crippen MR) is 61.7 cm³/mol. The summed E-state index contributed by atoms with van der Waals surface area (Å²) in [6, 6.07) is 0.